The van der Waals surface area contributed by atoms with Gasteiger partial charge in [0.25, 0.3) is 0 Å². The molecule has 3 rings (SSSR count). The first kappa shape index (κ1) is 12.0. The molecule has 3 fully saturated rings. The molecule has 1 heteroatoms. The van der Waals surface area contributed by atoms with Crippen molar-refractivity contribution in [1.29, 1.82) is 0 Å². The average Bonchev–Trinajstić information content (AvgIpc) is 2.59. The molecular formula is C16H28O. The molecule has 0 bridgehead atoms. The van der Waals surface area contributed by atoms with Gasteiger partial charge in [0.05, 0.1) is 5.60 Å². The van der Waals surface area contributed by atoms with Crippen LogP contribution in [0.1, 0.15) is 66.2 Å². The van der Waals surface area contributed by atoms with Crippen molar-refractivity contribution in [3.8, 4) is 0 Å². The third-order valence-electron chi connectivity index (χ3n) is 6.38. The molecule has 3 aliphatic rings. The van der Waals surface area contributed by atoms with Gasteiger partial charge in [-0.25, -0.2) is 0 Å². The molecule has 0 N–H and O–H groups in total. The summed E-state index contributed by atoms with van der Waals surface area (Å²) in [5.41, 5.74) is 1.18. The standard InChI is InChI=1S/C16H28O/c1-14(2)11-16(4)13(8-10-17-16)15(3)9-6-5-7-12(14)15/h12-13H,5-11H2,1-4H3. The Balaban J connectivity index is 2.03. The maximum absolute atomic E-state index is 6.19. The van der Waals surface area contributed by atoms with E-state index in [4.69, 9.17) is 4.74 Å². The van der Waals surface area contributed by atoms with Crippen LogP contribution in [0.4, 0.5) is 0 Å². The molecule has 0 amide bonds. The van der Waals surface area contributed by atoms with Crippen LogP contribution < -0.4 is 0 Å². The van der Waals surface area contributed by atoms with Crippen LogP contribution in [0, 0.1) is 22.7 Å². The van der Waals surface area contributed by atoms with E-state index in [0.717, 1.165) is 18.4 Å². The Morgan fingerprint density at radius 2 is 1.71 bits per heavy atom. The van der Waals surface area contributed by atoms with Crippen LogP contribution in [0.2, 0.25) is 0 Å². The monoisotopic (exact) mass is 236 g/mol. The maximum atomic E-state index is 6.19. The molecule has 4 unspecified atom stereocenters. The third kappa shape index (κ3) is 1.54. The topological polar surface area (TPSA) is 9.23 Å². The predicted octanol–water partition coefficient (Wildman–Crippen LogP) is 4.41. The highest BCUT2D eigenvalue weighted by Gasteiger charge is 2.62. The summed E-state index contributed by atoms with van der Waals surface area (Å²) in [4.78, 5) is 0. The number of hydrogen-bond acceptors (Lipinski definition) is 1. The van der Waals surface area contributed by atoms with Crippen LogP contribution in [0.25, 0.3) is 0 Å². The van der Waals surface area contributed by atoms with E-state index in [1.807, 2.05) is 0 Å². The first-order valence-electron chi connectivity index (χ1n) is 7.52. The SMILES string of the molecule is CC1(C)CC2(C)OCCC2C2(C)CCCCC12. The lowest BCUT2D eigenvalue weighted by molar-refractivity contribution is -0.168. The van der Waals surface area contributed by atoms with Crippen molar-refractivity contribution in [2.24, 2.45) is 22.7 Å². The van der Waals surface area contributed by atoms with Crippen molar-refractivity contribution in [1.82, 2.24) is 0 Å². The number of hydrogen-bond donors (Lipinski definition) is 0. The van der Waals surface area contributed by atoms with Gasteiger partial charge in [0.15, 0.2) is 0 Å². The first-order valence-corrected chi connectivity index (χ1v) is 7.52. The summed E-state index contributed by atoms with van der Waals surface area (Å²) in [6, 6.07) is 0. The fourth-order valence-electron chi connectivity index (χ4n) is 6.10. The lowest BCUT2D eigenvalue weighted by atomic mass is 9.44. The Bertz CT molecular complexity index is 317. The van der Waals surface area contributed by atoms with Crippen LogP contribution in [0.3, 0.4) is 0 Å². The Morgan fingerprint density at radius 3 is 2.47 bits per heavy atom. The van der Waals surface area contributed by atoms with Crippen LogP contribution in [0.5, 0.6) is 0 Å². The van der Waals surface area contributed by atoms with E-state index in [-0.39, 0.29) is 5.60 Å². The second kappa shape index (κ2) is 3.50. The van der Waals surface area contributed by atoms with Crippen molar-refractivity contribution in [2.45, 2.75) is 71.8 Å². The maximum Gasteiger partial charge on any atom is 0.0693 e. The molecule has 98 valence electrons. The molecular weight excluding hydrogens is 208 g/mol. The van der Waals surface area contributed by atoms with Crippen LogP contribution in [-0.2, 0) is 4.74 Å². The summed E-state index contributed by atoms with van der Waals surface area (Å²) in [5.74, 6) is 1.73. The fourth-order valence-corrected chi connectivity index (χ4v) is 6.10. The lowest BCUT2D eigenvalue weighted by Crippen LogP contribution is -2.58. The minimum atomic E-state index is 0.173. The molecule has 1 saturated heterocycles. The summed E-state index contributed by atoms with van der Waals surface area (Å²) in [5, 5.41) is 0. The van der Waals surface area contributed by atoms with Crippen molar-refractivity contribution >= 4 is 0 Å². The molecule has 1 heterocycles. The van der Waals surface area contributed by atoms with Gasteiger partial charge >= 0.3 is 0 Å². The summed E-state index contributed by atoms with van der Waals surface area (Å²) in [6.45, 7) is 11.0. The highest BCUT2D eigenvalue weighted by Crippen LogP contribution is 2.65. The van der Waals surface area contributed by atoms with Gasteiger partial charge in [-0.1, -0.05) is 33.6 Å². The van der Waals surface area contributed by atoms with Gasteiger partial charge in [-0.05, 0) is 55.3 Å². The Labute approximate surface area is 106 Å². The number of fused-ring (bicyclic) bond motifs is 3. The van der Waals surface area contributed by atoms with E-state index < -0.39 is 0 Å². The lowest BCUT2D eigenvalue weighted by Gasteiger charge is -2.61. The van der Waals surface area contributed by atoms with Crippen LogP contribution >= 0.6 is 0 Å². The zero-order chi connectivity index (χ0) is 12.3. The molecule has 0 spiro atoms. The van der Waals surface area contributed by atoms with Crippen molar-refractivity contribution < 1.29 is 4.74 Å². The average molecular weight is 236 g/mol. The molecule has 2 saturated carbocycles. The summed E-state index contributed by atoms with van der Waals surface area (Å²) >= 11 is 0. The highest BCUT2D eigenvalue weighted by molar-refractivity contribution is 5.11. The van der Waals surface area contributed by atoms with Gasteiger partial charge in [-0.15, -0.1) is 0 Å². The Morgan fingerprint density at radius 1 is 0.941 bits per heavy atom. The van der Waals surface area contributed by atoms with E-state index in [0.29, 0.717) is 10.8 Å². The van der Waals surface area contributed by atoms with Gasteiger partial charge in [0.2, 0.25) is 0 Å². The van der Waals surface area contributed by atoms with E-state index in [9.17, 15) is 0 Å². The normalized spacial score (nSPS) is 52.9. The number of ether oxygens (including phenoxy) is 1. The van der Waals surface area contributed by atoms with Gasteiger partial charge in [0.1, 0.15) is 0 Å². The second-order valence-corrected chi connectivity index (χ2v) is 7.97. The smallest absolute Gasteiger partial charge is 0.0693 e. The third-order valence-corrected chi connectivity index (χ3v) is 6.38. The molecule has 0 aromatic carbocycles. The van der Waals surface area contributed by atoms with Gasteiger partial charge < -0.3 is 4.74 Å². The molecule has 0 aromatic rings. The quantitative estimate of drug-likeness (QED) is 0.605. The molecule has 0 aromatic heterocycles. The molecule has 1 aliphatic heterocycles. The summed E-state index contributed by atoms with van der Waals surface area (Å²) < 4.78 is 6.19. The van der Waals surface area contributed by atoms with E-state index >= 15 is 0 Å². The van der Waals surface area contributed by atoms with Crippen molar-refractivity contribution in [3.63, 3.8) is 0 Å². The van der Waals surface area contributed by atoms with E-state index in [2.05, 4.69) is 27.7 Å². The molecule has 1 nitrogen and oxygen atoms in total. The molecule has 0 radical (unpaired) electrons. The van der Waals surface area contributed by atoms with Crippen LogP contribution in [-0.4, -0.2) is 12.2 Å². The van der Waals surface area contributed by atoms with Gasteiger partial charge in [-0.3, -0.25) is 0 Å². The fraction of sp³-hybridized carbons (Fsp3) is 1.00. The van der Waals surface area contributed by atoms with Crippen molar-refractivity contribution in [2.75, 3.05) is 6.61 Å². The van der Waals surface area contributed by atoms with E-state index in [1.165, 1.54) is 38.5 Å². The second-order valence-electron chi connectivity index (χ2n) is 7.97. The predicted molar refractivity (Wildman–Crippen MR) is 70.9 cm³/mol. The molecule has 17 heavy (non-hydrogen) atoms. The van der Waals surface area contributed by atoms with Crippen molar-refractivity contribution in [3.05, 3.63) is 0 Å². The van der Waals surface area contributed by atoms with Gasteiger partial charge in [-0.2, -0.15) is 0 Å². The van der Waals surface area contributed by atoms with Crippen LogP contribution in [0.15, 0.2) is 0 Å². The Hall–Kier alpha value is -0.0400. The van der Waals surface area contributed by atoms with E-state index in [1.54, 1.807) is 0 Å². The minimum absolute atomic E-state index is 0.173. The molecule has 4 atom stereocenters. The zero-order valence-corrected chi connectivity index (χ0v) is 12.0. The largest absolute Gasteiger partial charge is 0.375 e. The summed E-state index contributed by atoms with van der Waals surface area (Å²) in [6.07, 6.45) is 8.36. The first-order chi connectivity index (χ1) is 7.89. The highest BCUT2D eigenvalue weighted by atomic mass is 16.5. The summed E-state index contributed by atoms with van der Waals surface area (Å²) in [7, 11) is 0. The Kier molecular flexibility index (Phi) is 2.47. The zero-order valence-electron chi connectivity index (χ0n) is 12.0. The molecule has 2 aliphatic carbocycles. The van der Waals surface area contributed by atoms with Gasteiger partial charge in [0, 0.05) is 6.61 Å². The minimum Gasteiger partial charge on any atom is -0.375 e. The number of rotatable bonds is 0.